The summed E-state index contributed by atoms with van der Waals surface area (Å²) >= 11 is 0. The van der Waals surface area contributed by atoms with Gasteiger partial charge in [0.25, 0.3) is 0 Å². The van der Waals surface area contributed by atoms with Crippen molar-refractivity contribution < 1.29 is 14.3 Å². The van der Waals surface area contributed by atoms with Gasteiger partial charge in [-0.2, -0.15) is 0 Å². The number of likely N-dealkylation sites (N-methyl/N-ethyl adjacent to an activating group) is 2. The summed E-state index contributed by atoms with van der Waals surface area (Å²) in [4.78, 5) is 30.1. The maximum absolute atomic E-state index is 12.2. The lowest BCUT2D eigenvalue weighted by Gasteiger charge is -2.35. The molecule has 6 nitrogen and oxygen atoms in total. The molecule has 1 atom stereocenters. The van der Waals surface area contributed by atoms with Crippen LogP contribution in [0.4, 0.5) is 4.79 Å². The topological polar surface area (TPSA) is 53.1 Å². The fourth-order valence-electron chi connectivity index (χ4n) is 3.12. The number of likely N-dealkylation sites (tertiary alicyclic amines) is 1. The van der Waals surface area contributed by atoms with Gasteiger partial charge in [-0.25, -0.2) is 4.79 Å². The van der Waals surface area contributed by atoms with Crippen LogP contribution in [0.25, 0.3) is 0 Å². The lowest BCUT2D eigenvalue weighted by atomic mass is 9.98. The number of piperidine rings is 1. The van der Waals surface area contributed by atoms with Gasteiger partial charge >= 0.3 is 6.09 Å². The third-order valence-corrected chi connectivity index (χ3v) is 4.26. The summed E-state index contributed by atoms with van der Waals surface area (Å²) in [6.07, 6.45) is 1.85. The van der Waals surface area contributed by atoms with Crippen molar-refractivity contribution in [2.45, 2.75) is 53.1 Å². The fourth-order valence-corrected chi connectivity index (χ4v) is 3.12. The van der Waals surface area contributed by atoms with Gasteiger partial charge < -0.3 is 14.5 Å². The highest BCUT2D eigenvalue weighted by Crippen LogP contribution is 2.20. The van der Waals surface area contributed by atoms with E-state index in [1.165, 1.54) is 0 Å². The Kier molecular flexibility index (Phi) is 8.00. The second-order valence-corrected chi connectivity index (χ2v) is 7.70. The molecule has 2 amide bonds. The molecule has 1 aliphatic heterocycles. The van der Waals surface area contributed by atoms with Crippen LogP contribution in [0.15, 0.2) is 0 Å². The molecule has 0 radical (unpaired) electrons. The van der Waals surface area contributed by atoms with Gasteiger partial charge in [-0.3, -0.25) is 9.69 Å². The van der Waals surface area contributed by atoms with Gasteiger partial charge in [0.15, 0.2) is 0 Å². The SMILES string of the molecule is CCN(CC)C(=O)CN(C)C[C@@H]1CCCN(C(=O)OC(C)(C)C)C1. The Morgan fingerprint density at radius 2 is 1.83 bits per heavy atom. The molecule has 6 heteroatoms. The van der Waals surface area contributed by atoms with Crippen LogP contribution in [0.2, 0.25) is 0 Å². The zero-order valence-electron chi connectivity index (χ0n) is 16.3. The number of carbonyl (C=O) groups is 2. The highest BCUT2D eigenvalue weighted by molar-refractivity contribution is 5.78. The van der Waals surface area contributed by atoms with Crippen LogP contribution in [-0.2, 0) is 9.53 Å². The van der Waals surface area contributed by atoms with Crippen LogP contribution in [0.5, 0.6) is 0 Å². The predicted molar refractivity (Wildman–Crippen MR) is 96.0 cm³/mol. The summed E-state index contributed by atoms with van der Waals surface area (Å²) in [7, 11) is 1.98. The lowest BCUT2D eigenvalue weighted by molar-refractivity contribution is -0.131. The normalized spacial score (nSPS) is 18.6. The molecule has 1 aliphatic rings. The molecule has 1 fully saturated rings. The number of rotatable bonds is 6. The zero-order valence-corrected chi connectivity index (χ0v) is 16.3. The smallest absolute Gasteiger partial charge is 0.410 e. The van der Waals surface area contributed by atoms with Crippen LogP contribution in [0, 0.1) is 5.92 Å². The molecule has 0 aromatic heterocycles. The molecule has 0 unspecified atom stereocenters. The first-order valence-electron chi connectivity index (χ1n) is 9.10. The summed E-state index contributed by atoms with van der Waals surface area (Å²) in [6.45, 7) is 13.9. The van der Waals surface area contributed by atoms with Crippen molar-refractivity contribution in [3.05, 3.63) is 0 Å². The van der Waals surface area contributed by atoms with Gasteiger partial charge in [0.1, 0.15) is 5.60 Å². The van der Waals surface area contributed by atoms with Gasteiger partial charge in [0.2, 0.25) is 5.91 Å². The van der Waals surface area contributed by atoms with E-state index in [4.69, 9.17) is 4.74 Å². The molecule has 1 heterocycles. The van der Waals surface area contributed by atoms with Gasteiger partial charge in [-0.15, -0.1) is 0 Å². The van der Waals surface area contributed by atoms with Crippen molar-refractivity contribution in [2.75, 3.05) is 46.3 Å². The van der Waals surface area contributed by atoms with Crippen molar-refractivity contribution in [3.63, 3.8) is 0 Å². The largest absolute Gasteiger partial charge is 0.444 e. The standard InChI is InChI=1S/C18H35N3O3/c1-7-20(8-2)16(22)14-19(6)12-15-10-9-11-21(13-15)17(23)24-18(3,4)5/h15H,7-14H2,1-6H3/t15-/m0/s1. The number of carbonyl (C=O) groups excluding carboxylic acids is 2. The van der Waals surface area contributed by atoms with Gasteiger partial charge in [-0.1, -0.05) is 0 Å². The average Bonchev–Trinajstić information content (AvgIpc) is 2.46. The maximum atomic E-state index is 12.2. The Morgan fingerprint density at radius 1 is 1.21 bits per heavy atom. The van der Waals surface area contributed by atoms with E-state index in [1.807, 2.05) is 46.6 Å². The third kappa shape index (κ3) is 7.07. The van der Waals surface area contributed by atoms with Crippen LogP contribution >= 0.6 is 0 Å². The lowest BCUT2D eigenvalue weighted by Crippen LogP contribution is -2.46. The summed E-state index contributed by atoms with van der Waals surface area (Å²) in [5.41, 5.74) is -0.461. The van der Waals surface area contributed by atoms with E-state index >= 15 is 0 Å². The number of amides is 2. The van der Waals surface area contributed by atoms with Crippen molar-refractivity contribution >= 4 is 12.0 Å². The monoisotopic (exact) mass is 341 g/mol. The van der Waals surface area contributed by atoms with Crippen LogP contribution in [0.1, 0.15) is 47.5 Å². The molecule has 0 aliphatic carbocycles. The minimum atomic E-state index is -0.461. The number of hydrogen-bond acceptors (Lipinski definition) is 4. The summed E-state index contributed by atoms with van der Waals surface area (Å²) < 4.78 is 5.47. The molecule has 0 N–H and O–H groups in total. The first-order chi connectivity index (χ1) is 11.2. The van der Waals surface area contributed by atoms with Gasteiger partial charge in [-0.05, 0) is 60.4 Å². The molecule has 24 heavy (non-hydrogen) atoms. The number of hydrogen-bond donors (Lipinski definition) is 0. The summed E-state index contributed by atoms with van der Waals surface area (Å²) in [5, 5.41) is 0. The second kappa shape index (κ2) is 9.25. The second-order valence-electron chi connectivity index (χ2n) is 7.70. The molecule has 140 valence electrons. The van der Waals surface area contributed by atoms with E-state index in [2.05, 4.69) is 4.90 Å². The van der Waals surface area contributed by atoms with Crippen LogP contribution in [0.3, 0.4) is 0 Å². The minimum Gasteiger partial charge on any atom is -0.444 e. The third-order valence-electron chi connectivity index (χ3n) is 4.26. The number of ether oxygens (including phenoxy) is 1. The molecule has 0 saturated carbocycles. The quantitative estimate of drug-likeness (QED) is 0.744. The zero-order chi connectivity index (χ0) is 18.3. The Bertz CT molecular complexity index is 416. The fraction of sp³-hybridized carbons (Fsp3) is 0.889. The highest BCUT2D eigenvalue weighted by atomic mass is 16.6. The minimum absolute atomic E-state index is 0.169. The van der Waals surface area contributed by atoms with Crippen molar-refractivity contribution in [1.29, 1.82) is 0 Å². The molecule has 1 rings (SSSR count). The van der Waals surface area contributed by atoms with Crippen LogP contribution in [-0.4, -0.2) is 78.6 Å². The molecule has 0 aromatic carbocycles. The van der Waals surface area contributed by atoms with Gasteiger partial charge in [0, 0.05) is 32.7 Å². The maximum Gasteiger partial charge on any atom is 0.410 e. The molecular formula is C18H35N3O3. The van der Waals surface area contributed by atoms with Crippen molar-refractivity contribution in [3.8, 4) is 0 Å². The molecule has 1 saturated heterocycles. The Morgan fingerprint density at radius 3 is 2.38 bits per heavy atom. The van der Waals surface area contributed by atoms with Crippen LogP contribution < -0.4 is 0 Å². The van der Waals surface area contributed by atoms with Crippen molar-refractivity contribution in [1.82, 2.24) is 14.7 Å². The first kappa shape index (κ1) is 20.7. The molecular weight excluding hydrogens is 306 g/mol. The molecule has 0 bridgehead atoms. The van der Waals surface area contributed by atoms with E-state index < -0.39 is 5.60 Å². The first-order valence-corrected chi connectivity index (χ1v) is 9.10. The predicted octanol–water partition coefficient (Wildman–Crippen LogP) is 2.43. The Labute approximate surface area is 147 Å². The molecule has 0 spiro atoms. The summed E-state index contributed by atoms with van der Waals surface area (Å²) in [5.74, 6) is 0.558. The Balaban J connectivity index is 2.47. The van der Waals surface area contributed by atoms with E-state index in [9.17, 15) is 9.59 Å². The van der Waals surface area contributed by atoms with Gasteiger partial charge in [0.05, 0.1) is 6.54 Å². The van der Waals surface area contributed by atoms with E-state index in [0.717, 1.165) is 39.0 Å². The van der Waals surface area contributed by atoms with Crippen molar-refractivity contribution in [2.24, 2.45) is 5.92 Å². The number of nitrogens with zero attached hydrogens (tertiary/aromatic N) is 3. The van der Waals surface area contributed by atoms with E-state index in [0.29, 0.717) is 19.0 Å². The molecule has 0 aromatic rings. The summed E-state index contributed by atoms with van der Waals surface area (Å²) in [6, 6.07) is 0. The average molecular weight is 341 g/mol. The highest BCUT2D eigenvalue weighted by Gasteiger charge is 2.28. The van der Waals surface area contributed by atoms with E-state index in [-0.39, 0.29) is 12.0 Å². The Hall–Kier alpha value is -1.30. The van der Waals surface area contributed by atoms with E-state index in [1.54, 1.807) is 4.90 Å².